The normalized spacial score (nSPS) is 19.9. The van der Waals surface area contributed by atoms with E-state index in [9.17, 15) is 14.4 Å². The van der Waals surface area contributed by atoms with Gasteiger partial charge in [-0.2, -0.15) is 0 Å². The molecule has 0 aromatic heterocycles. The Kier molecular flexibility index (Phi) is 7.47. The number of hydrogen-bond acceptors (Lipinski definition) is 6. The van der Waals surface area contributed by atoms with Gasteiger partial charge in [0.1, 0.15) is 0 Å². The van der Waals surface area contributed by atoms with Crippen molar-refractivity contribution in [3.8, 4) is 0 Å². The second kappa shape index (κ2) is 7.12. The molecule has 0 saturated heterocycles. The van der Waals surface area contributed by atoms with Crippen LogP contribution in [0, 0.1) is 0 Å². The van der Waals surface area contributed by atoms with Crippen LogP contribution in [0.2, 0.25) is 65.5 Å². The summed E-state index contributed by atoms with van der Waals surface area (Å²) in [6.45, 7) is 18.7. The lowest BCUT2D eigenvalue weighted by atomic mass is 11.8. The molecular formula is C10H33O6Si6. The van der Waals surface area contributed by atoms with Crippen LogP contribution >= 0.6 is 0 Å². The topological polar surface area (TPSA) is 88.4 Å². The molecule has 6 nitrogen and oxygen atoms in total. The largest absolute Gasteiger partial charge is 0.437 e. The molecule has 3 N–H and O–H groups in total. The maximum Gasteiger partial charge on any atom is 0.367 e. The molecule has 0 aromatic carbocycles. The predicted octanol–water partition coefficient (Wildman–Crippen LogP) is 1.68. The fourth-order valence-electron chi connectivity index (χ4n) is 1.90. The third-order valence-corrected chi connectivity index (χ3v) is 36.0. The van der Waals surface area contributed by atoms with Crippen molar-refractivity contribution in [1.82, 2.24) is 0 Å². The van der Waals surface area contributed by atoms with Crippen LogP contribution in [0.5, 0.6) is 0 Å². The first-order valence-corrected chi connectivity index (χ1v) is 25.2. The van der Waals surface area contributed by atoms with Crippen LogP contribution in [-0.2, 0) is 12.3 Å². The standard InChI is InChI=1S/C10H33O6Si6/c1-17(11)14-19(5,6)22(10,13)16-20(7,8)21(9,12)15-18(2,3)4/h11-13H,1-10H3. The fourth-order valence-corrected chi connectivity index (χ4v) is 34.0. The van der Waals surface area contributed by atoms with E-state index in [1.54, 1.807) is 19.6 Å². The van der Waals surface area contributed by atoms with Gasteiger partial charge in [0.05, 0.1) is 0 Å². The molecule has 0 rings (SSSR count). The molecule has 0 amide bonds. The van der Waals surface area contributed by atoms with Gasteiger partial charge in [-0.05, 0) is 65.5 Å². The van der Waals surface area contributed by atoms with Crippen molar-refractivity contribution < 1.29 is 26.7 Å². The maximum atomic E-state index is 10.9. The molecule has 0 saturated carbocycles. The Morgan fingerprint density at radius 3 is 1.36 bits per heavy atom. The van der Waals surface area contributed by atoms with Gasteiger partial charge in [0.15, 0.2) is 8.32 Å². The van der Waals surface area contributed by atoms with Gasteiger partial charge in [-0.1, -0.05) is 0 Å². The van der Waals surface area contributed by atoms with Gasteiger partial charge < -0.3 is 26.7 Å². The van der Waals surface area contributed by atoms with E-state index in [0.717, 1.165) is 0 Å². The summed E-state index contributed by atoms with van der Waals surface area (Å²) in [7, 11) is -15.2. The molecule has 2 atom stereocenters. The van der Waals surface area contributed by atoms with Gasteiger partial charge >= 0.3 is 25.4 Å². The molecule has 0 aliphatic rings. The monoisotopic (exact) mass is 417 g/mol. The lowest BCUT2D eigenvalue weighted by Gasteiger charge is -2.45. The summed E-state index contributed by atoms with van der Waals surface area (Å²) in [5, 5.41) is 0. The molecule has 0 heterocycles. The Labute approximate surface area is 141 Å². The summed E-state index contributed by atoms with van der Waals surface area (Å²) in [5.74, 6) is 0. The van der Waals surface area contributed by atoms with Gasteiger partial charge in [-0.25, -0.2) is 0 Å². The zero-order chi connectivity index (χ0) is 18.2. The summed E-state index contributed by atoms with van der Waals surface area (Å²) >= 11 is 0. The average molecular weight is 418 g/mol. The third kappa shape index (κ3) is 6.52. The highest BCUT2D eigenvalue weighted by Gasteiger charge is 2.59. The minimum Gasteiger partial charge on any atom is -0.437 e. The summed E-state index contributed by atoms with van der Waals surface area (Å²) in [6.07, 6.45) is 0. The Morgan fingerprint density at radius 2 is 1.05 bits per heavy atom. The van der Waals surface area contributed by atoms with E-state index in [2.05, 4.69) is 0 Å². The predicted molar refractivity (Wildman–Crippen MR) is 103 cm³/mol. The number of hydrogen-bond donors (Lipinski definition) is 3. The Morgan fingerprint density at radius 1 is 0.682 bits per heavy atom. The average Bonchev–Trinajstić information content (AvgIpc) is 2.07. The smallest absolute Gasteiger partial charge is 0.367 e. The first kappa shape index (κ1) is 23.1. The second-order valence-electron chi connectivity index (χ2n) is 7.92. The number of rotatable bonds is 8. The van der Waals surface area contributed by atoms with E-state index in [0.29, 0.717) is 0 Å². The SMILES string of the molecule is C[Si](O)O[Si](C)(C)[Si](C)(O)O[Si](C)(C)[Si](C)(O)O[Si](C)(C)C. The van der Waals surface area contributed by atoms with Crippen molar-refractivity contribution in [3.05, 3.63) is 0 Å². The van der Waals surface area contributed by atoms with Crippen molar-refractivity contribution >= 4 is 49.4 Å². The Bertz CT molecular complexity index is 379. The van der Waals surface area contributed by atoms with Crippen molar-refractivity contribution in [2.24, 2.45) is 0 Å². The highest BCUT2D eigenvalue weighted by Crippen LogP contribution is 2.29. The molecule has 0 spiro atoms. The Hall–Kier alpha value is 1.06. The van der Waals surface area contributed by atoms with E-state index >= 15 is 0 Å². The molecule has 22 heavy (non-hydrogen) atoms. The summed E-state index contributed by atoms with van der Waals surface area (Å²) < 4.78 is 17.9. The summed E-state index contributed by atoms with van der Waals surface area (Å²) in [5.41, 5.74) is 0. The van der Waals surface area contributed by atoms with Crippen LogP contribution in [0.3, 0.4) is 0 Å². The van der Waals surface area contributed by atoms with Crippen molar-refractivity contribution in [2.75, 3.05) is 0 Å². The Balaban J connectivity index is 5.32. The quantitative estimate of drug-likeness (QED) is 0.521. The van der Waals surface area contributed by atoms with E-state index in [1.807, 2.05) is 45.8 Å². The molecule has 2 unspecified atom stereocenters. The maximum absolute atomic E-state index is 10.9. The zero-order valence-electron chi connectivity index (χ0n) is 15.6. The van der Waals surface area contributed by atoms with Crippen LogP contribution in [0.15, 0.2) is 0 Å². The van der Waals surface area contributed by atoms with Gasteiger partial charge in [0.2, 0.25) is 15.7 Å². The molecule has 1 radical (unpaired) electrons. The third-order valence-electron chi connectivity index (χ3n) is 3.60. The second-order valence-corrected chi connectivity index (χ2v) is 38.4. The van der Waals surface area contributed by atoms with Crippen LogP contribution in [0.4, 0.5) is 0 Å². The summed E-state index contributed by atoms with van der Waals surface area (Å²) in [6, 6.07) is 0. The molecule has 0 aliphatic heterocycles. The molecule has 0 aliphatic carbocycles. The van der Waals surface area contributed by atoms with E-state index in [1.165, 1.54) is 0 Å². The van der Waals surface area contributed by atoms with Crippen LogP contribution < -0.4 is 0 Å². The van der Waals surface area contributed by atoms with Crippen molar-refractivity contribution in [3.63, 3.8) is 0 Å². The molecule has 133 valence electrons. The van der Waals surface area contributed by atoms with Gasteiger partial charge in [0, 0.05) is 0 Å². The van der Waals surface area contributed by atoms with Crippen LogP contribution in [0.1, 0.15) is 0 Å². The molecule has 0 aromatic rings. The minimum atomic E-state index is -3.16. The molecular weight excluding hydrogens is 385 g/mol. The minimum absolute atomic E-state index is 1.63. The lowest BCUT2D eigenvalue weighted by molar-refractivity contribution is 0.353. The summed E-state index contributed by atoms with van der Waals surface area (Å²) in [4.78, 5) is 31.5. The van der Waals surface area contributed by atoms with Crippen molar-refractivity contribution in [2.45, 2.75) is 65.5 Å². The van der Waals surface area contributed by atoms with Crippen LogP contribution in [0.25, 0.3) is 0 Å². The lowest BCUT2D eigenvalue weighted by Crippen LogP contribution is -2.73. The molecule has 0 bridgehead atoms. The van der Waals surface area contributed by atoms with Gasteiger partial charge in [0.25, 0.3) is 0 Å². The van der Waals surface area contributed by atoms with Gasteiger partial charge in [-0.15, -0.1) is 0 Å². The van der Waals surface area contributed by atoms with E-state index < -0.39 is 49.4 Å². The van der Waals surface area contributed by atoms with E-state index in [4.69, 9.17) is 12.3 Å². The first-order chi connectivity index (χ1) is 9.33. The van der Waals surface area contributed by atoms with Crippen LogP contribution in [-0.4, -0.2) is 63.8 Å². The van der Waals surface area contributed by atoms with Crippen molar-refractivity contribution in [1.29, 1.82) is 0 Å². The molecule has 0 fully saturated rings. The molecule has 12 heteroatoms. The first-order valence-electron chi connectivity index (χ1n) is 7.40. The fraction of sp³-hybridized carbons (Fsp3) is 1.00. The highest BCUT2D eigenvalue weighted by molar-refractivity contribution is 7.41. The van der Waals surface area contributed by atoms with E-state index in [-0.39, 0.29) is 0 Å². The zero-order valence-corrected chi connectivity index (χ0v) is 21.6. The highest BCUT2D eigenvalue weighted by atomic mass is 29.3. The van der Waals surface area contributed by atoms with Gasteiger partial charge in [-0.3, -0.25) is 0 Å².